The SMILES string of the molecule is CCc1ccc(C(NC)c2sccc2OC)cc1. The van der Waals surface area contributed by atoms with E-state index in [1.165, 1.54) is 16.0 Å². The predicted octanol–water partition coefficient (Wildman–Crippen LogP) is 3.63. The third-order valence-corrected chi connectivity index (χ3v) is 4.11. The van der Waals surface area contributed by atoms with Crippen molar-refractivity contribution in [1.82, 2.24) is 5.32 Å². The molecule has 1 aromatic heterocycles. The normalized spacial score (nSPS) is 12.4. The van der Waals surface area contributed by atoms with E-state index in [1.807, 2.05) is 13.1 Å². The summed E-state index contributed by atoms with van der Waals surface area (Å²) < 4.78 is 5.40. The van der Waals surface area contributed by atoms with Crippen molar-refractivity contribution < 1.29 is 4.74 Å². The lowest BCUT2D eigenvalue weighted by molar-refractivity contribution is 0.408. The minimum absolute atomic E-state index is 0.200. The van der Waals surface area contributed by atoms with E-state index in [4.69, 9.17) is 4.74 Å². The summed E-state index contributed by atoms with van der Waals surface area (Å²) in [5.41, 5.74) is 2.64. The lowest BCUT2D eigenvalue weighted by Gasteiger charge is -2.17. The van der Waals surface area contributed by atoms with Crippen LogP contribution in [-0.4, -0.2) is 14.2 Å². The summed E-state index contributed by atoms with van der Waals surface area (Å²) in [6.45, 7) is 2.17. The maximum absolute atomic E-state index is 5.40. The second kappa shape index (κ2) is 6.03. The molecule has 1 aromatic carbocycles. The van der Waals surface area contributed by atoms with Crippen LogP contribution in [0.25, 0.3) is 0 Å². The van der Waals surface area contributed by atoms with Gasteiger partial charge in [0.25, 0.3) is 0 Å². The predicted molar refractivity (Wildman–Crippen MR) is 77.6 cm³/mol. The van der Waals surface area contributed by atoms with E-state index < -0.39 is 0 Å². The minimum atomic E-state index is 0.200. The first-order valence-corrected chi connectivity index (χ1v) is 7.05. The van der Waals surface area contributed by atoms with Crippen molar-refractivity contribution in [3.8, 4) is 5.75 Å². The molecule has 1 heterocycles. The number of methoxy groups -OCH3 is 1. The molecule has 0 saturated heterocycles. The van der Waals surface area contributed by atoms with E-state index in [-0.39, 0.29) is 6.04 Å². The number of hydrogen-bond donors (Lipinski definition) is 1. The Bertz CT molecular complexity index is 489. The van der Waals surface area contributed by atoms with Crippen LogP contribution < -0.4 is 10.1 Å². The molecule has 3 heteroatoms. The summed E-state index contributed by atoms with van der Waals surface area (Å²) in [4.78, 5) is 1.23. The molecule has 2 rings (SSSR count). The monoisotopic (exact) mass is 261 g/mol. The largest absolute Gasteiger partial charge is 0.496 e. The first kappa shape index (κ1) is 13.1. The van der Waals surface area contributed by atoms with Crippen LogP contribution >= 0.6 is 11.3 Å². The Morgan fingerprint density at radius 2 is 1.94 bits per heavy atom. The van der Waals surface area contributed by atoms with Crippen molar-refractivity contribution >= 4 is 11.3 Å². The molecule has 96 valence electrons. The number of benzene rings is 1. The standard InChI is InChI=1S/C15H19NOS/c1-4-11-5-7-12(8-6-11)14(16-2)15-13(17-3)9-10-18-15/h5-10,14,16H,4H2,1-3H3. The first-order valence-electron chi connectivity index (χ1n) is 6.17. The lowest BCUT2D eigenvalue weighted by Crippen LogP contribution is -2.17. The van der Waals surface area contributed by atoms with Crippen molar-refractivity contribution in [2.24, 2.45) is 0 Å². The van der Waals surface area contributed by atoms with Gasteiger partial charge in [-0.25, -0.2) is 0 Å². The molecule has 0 saturated carbocycles. The molecular weight excluding hydrogens is 242 g/mol. The fourth-order valence-electron chi connectivity index (χ4n) is 2.08. The molecule has 1 N–H and O–H groups in total. The highest BCUT2D eigenvalue weighted by molar-refractivity contribution is 7.10. The van der Waals surface area contributed by atoms with Gasteiger partial charge in [0.2, 0.25) is 0 Å². The summed E-state index contributed by atoms with van der Waals surface area (Å²) in [5.74, 6) is 0.957. The van der Waals surface area contributed by atoms with Crippen LogP contribution in [0.1, 0.15) is 29.0 Å². The zero-order valence-corrected chi connectivity index (χ0v) is 11.9. The zero-order chi connectivity index (χ0) is 13.0. The number of ether oxygens (including phenoxy) is 1. The third kappa shape index (κ3) is 2.57. The maximum atomic E-state index is 5.40. The van der Waals surface area contributed by atoms with Gasteiger partial charge in [0.05, 0.1) is 18.0 Å². The van der Waals surface area contributed by atoms with Crippen LogP contribution in [0.5, 0.6) is 5.75 Å². The van der Waals surface area contributed by atoms with Gasteiger partial charge in [0.1, 0.15) is 5.75 Å². The number of thiophene rings is 1. The molecular formula is C15H19NOS. The van der Waals surface area contributed by atoms with Gasteiger partial charge >= 0.3 is 0 Å². The number of hydrogen-bond acceptors (Lipinski definition) is 3. The Kier molecular flexibility index (Phi) is 4.39. The highest BCUT2D eigenvalue weighted by Gasteiger charge is 2.17. The molecule has 1 atom stereocenters. The third-order valence-electron chi connectivity index (χ3n) is 3.15. The highest BCUT2D eigenvalue weighted by Crippen LogP contribution is 2.34. The molecule has 0 fully saturated rings. The van der Waals surface area contributed by atoms with Crippen molar-refractivity contribution in [2.75, 3.05) is 14.2 Å². The molecule has 0 amide bonds. The van der Waals surface area contributed by atoms with E-state index in [1.54, 1.807) is 18.4 Å². The average Bonchev–Trinajstić information content (AvgIpc) is 2.89. The Labute approximate surface area is 113 Å². The summed E-state index contributed by atoms with van der Waals surface area (Å²) in [5, 5.41) is 5.43. The molecule has 0 bridgehead atoms. The van der Waals surface area contributed by atoms with Gasteiger partial charge in [-0.1, -0.05) is 31.2 Å². The van der Waals surface area contributed by atoms with Crippen molar-refractivity contribution in [3.63, 3.8) is 0 Å². The van der Waals surface area contributed by atoms with Gasteiger partial charge in [-0.3, -0.25) is 0 Å². The Balaban J connectivity index is 2.32. The smallest absolute Gasteiger partial charge is 0.134 e. The first-order chi connectivity index (χ1) is 8.80. The zero-order valence-electron chi connectivity index (χ0n) is 11.1. The summed E-state index contributed by atoms with van der Waals surface area (Å²) >= 11 is 1.72. The maximum Gasteiger partial charge on any atom is 0.134 e. The molecule has 18 heavy (non-hydrogen) atoms. The van der Waals surface area contributed by atoms with E-state index in [9.17, 15) is 0 Å². The van der Waals surface area contributed by atoms with Crippen LogP contribution in [0.15, 0.2) is 35.7 Å². The quantitative estimate of drug-likeness (QED) is 0.887. The van der Waals surface area contributed by atoms with Crippen LogP contribution in [-0.2, 0) is 6.42 Å². The minimum Gasteiger partial charge on any atom is -0.496 e. The molecule has 2 nitrogen and oxygen atoms in total. The fraction of sp³-hybridized carbons (Fsp3) is 0.333. The molecule has 2 aromatic rings. The molecule has 0 aliphatic heterocycles. The van der Waals surface area contributed by atoms with Gasteiger partial charge in [-0.05, 0) is 36.0 Å². The van der Waals surface area contributed by atoms with E-state index in [2.05, 4.69) is 41.9 Å². The lowest BCUT2D eigenvalue weighted by atomic mass is 10.0. The van der Waals surface area contributed by atoms with Gasteiger partial charge in [0, 0.05) is 0 Å². The highest BCUT2D eigenvalue weighted by atomic mass is 32.1. The molecule has 0 radical (unpaired) electrons. The van der Waals surface area contributed by atoms with Gasteiger partial charge in [-0.2, -0.15) is 0 Å². The average molecular weight is 261 g/mol. The van der Waals surface area contributed by atoms with E-state index >= 15 is 0 Å². The molecule has 0 aliphatic rings. The summed E-state index contributed by atoms with van der Waals surface area (Å²) in [6.07, 6.45) is 1.08. The van der Waals surface area contributed by atoms with Crippen molar-refractivity contribution in [1.29, 1.82) is 0 Å². The fourth-order valence-corrected chi connectivity index (χ4v) is 3.08. The van der Waals surface area contributed by atoms with Crippen LogP contribution in [0.4, 0.5) is 0 Å². The summed E-state index contributed by atoms with van der Waals surface area (Å²) in [6, 6.07) is 11.0. The molecule has 0 aliphatic carbocycles. The molecule has 0 spiro atoms. The van der Waals surface area contributed by atoms with Crippen molar-refractivity contribution in [2.45, 2.75) is 19.4 Å². The summed E-state index contributed by atoms with van der Waals surface area (Å²) in [7, 11) is 3.70. The van der Waals surface area contributed by atoms with Gasteiger partial charge < -0.3 is 10.1 Å². The van der Waals surface area contributed by atoms with Crippen LogP contribution in [0.2, 0.25) is 0 Å². The number of aryl methyl sites for hydroxylation is 1. The second-order valence-electron chi connectivity index (χ2n) is 4.17. The van der Waals surface area contributed by atoms with Crippen LogP contribution in [0, 0.1) is 0 Å². The van der Waals surface area contributed by atoms with Crippen molar-refractivity contribution in [3.05, 3.63) is 51.7 Å². The number of rotatable bonds is 5. The van der Waals surface area contributed by atoms with Gasteiger partial charge in [-0.15, -0.1) is 11.3 Å². The van der Waals surface area contributed by atoms with E-state index in [0.29, 0.717) is 0 Å². The topological polar surface area (TPSA) is 21.3 Å². The second-order valence-corrected chi connectivity index (χ2v) is 5.12. The Hall–Kier alpha value is -1.32. The molecule has 1 unspecified atom stereocenters. The Morgan fingerprint density at radius 3 is 2.50 bits per heavy atom. The number of nitrogens with one attached hydrogen (secondary N) is 1. The van der Waals surface area contributed by atoms with Gasteiger partial charge in [0.15, 0.2) is 0 Å². The van der Waals surface area contributed by atoms with E-state index in [0.717, 1.165) is 12.2 Å². The van der Waals surface area contributed by atoms with Crippen LogP contribution in [0.3, 0.4) is 0 Å². The Morgan fingerprint density at radius 1 is 1.22 bits per heavy atom.